The van der Waals surface area contributed by atoms with Crippen LogP contribution in [0.2, 0.25) is 20.1 Å². The Kier molecular flexibility index (Phi) is 11.1. The van der Waals surface area contributed by atoms with E-state index in [2.05, 4.69) is 5.32 Å². The van der Waals surface area contributed by atoms with E-state index in [-0.39, 0.29) is 45.5 Å². The molecule has 0 aromatic heterocycles. The predicted octanol–water partition coefficient (Wildman–Crippen LogP) is 7.36. The third-order valence-electron chi connectivity index (χ3n) is 7.28. The lowest BCUT2D eigenvalue weighted by Gasteiger charge is -2.34. The normalized spacial score (nSPS) is 14.4. The van der Waals surface area contributed by atoms with Crippen LogP contribution < -0.4 is 9.62 Å². The maximum absolute atomic E-state index is 14.2. The van der Waals surface area contributed by atoms with Crippen molar-refractivity contribution < 1.29 is 18.0 Å². The number of halogens is 4. The SMILES string of the molecule is CC[C@H](C(=O)NC1CCCC1)N(Cc1c(Cl)cccc1Cl)C(=O)CN(c1ccc(Cl)c(Cl)c1)S(=O)(=O)c1ccccc1. The molecule has 1 N–H and O–H groups in total. The standard InChI is InChI=1S/C30H31Cl4N3O4S/c1-2-28(30(39)35-20-9-6-7-10-20)36(18-23-24(31)13-8-14-25(23)32)29(38)19-37(21-15-16-26(33)27(34)17-21)42(40,41)22-11-4-3-5-12-22/h3-5,8,11-17,20,28H,2,6-7,9-10,18-19H2,1H3,(H,35,39)/t28-/m1/s1. The Labute approximate surface area is 266 Å². The largest absolute Gasteiger partial charge is 0.352 e. The van der Waals surface area contributed by atoms with E-state index in [1.165, 1.54) is 35.2 Å². The highest BCUT2D eigenvalue weighted by Gasteiger charge is 2.35. The van der Waals surface area contributed by atoms with Gasteiger partial charge in [-0.25, -0.2) is 8.42 Å². The molecule has 12 heteroatoms. The summed E-state index contributed by atoms with van der Waals surface area (Å²) in [4.78, 5) is 29.1. The highest BCUT2D eigenvalue weighted by Crippen LogP contribution is 2.32. The molecule has 0 spiro atoms. The lowest BCUT2D eigenvalue weighted by molar-refractivity contribution is -0.140. The number of hydrogen-bond acceptors (Lipinski definition) is 4. The van der Waals surface area contributed by atoms with Crippen LogP contribution in [-0.2, 0) is 26.2 Å². The molecule has 224 valence electrons. The molecule has 4 rings (SSSR count). The van der Waals surface area contributed by atoms with E-state index in [1.807, 2.05) is 0 Å². The molecule has 0 saturated heterocycles. The van der Waals surface area contributed by atoms with E-state index in [0.29, 0.717) is 15.6 Å². The van der Waals surface area contributed by atoms with Crippen molar-refractivity contribution in [1.29, 1.82) is 0 Å². The molecule has 3 aromatic rings. The fourth-order valence-electron chi connectivity index (χ4n) is 5.03. The number of hydrogen-bond donors (Lipinski definition) is 1. The molecule has 0 bridgehead atoms. The van der Waals surface area contributed by atoms with Crippen LogP contribution in [0.1, 0.15) is 44.6 Å². The van der Waals surface area contributed by atoms with Gasteiger partial charge in [0.2, 0.25) is 11.8 Å². The minimum atomic E-state index is -4.24. The number of benzene rings is 3. The van der Waals surface area contributed by atoms with Gasteiger partial charge in [-0.05, 0) is 61.7 Å². The summed E-state index contributed by atoms with van der Waals surface area (Å²) in [5.41, 5.74) is 0.592. The summed E-state index contributed by atoms with van der Waals surface area (Å²) in [6, 6.07) is 16.2. The Hall–Kier alpha value is -2.49. The van der Waals surface area contributed by atoms with Crippen molar-refractivity contribution in [3.8, 4) is 0 Å². The summed E-state index contributed by atoms with van der Waals surface area (Å²) in [6.45, 7) is 1.07. The van der Waals surface area contributed by atoms with Gasteiger partial charge >= 0.3 is 0 Å². The second kappa shape index (κ2) is 14.3. The average Bonchev–Trinajstić information content (AvgIpc) is 3.48. The zero-order chi connectivity index (χ0) is 30.4. The lowest BCUT2D eigenvalue weighted by Crippen LogP contribution is -2.53. The fourth-order valence-corrected chi connectivity index (χ4v) is 7.27. The molecule has 1 saturated carbocycles. The second-order valence-corrected chi connectivity index (χ2v) is 13.6. The summed E-state index contributed by atoms with van der Waals surface area (Å²) >= 11 is 25.3. The topological polar surface area (TPSA) is 86.8 Å². The van der Waals surface area contributed by atoms with Gasteiger partial charge in [0, 0.05) is 28.2 Å². The molecule has 0 radical (unpaired) electrons. The highest BCUT2D eigenvalue weighted by molar-refractivity contribution is 7.92. The van der Waals surface area contributed by atoms with Gasteiger partial charge in [-0.15, -0.1) is 0 Å². The molecule has 2 amide bonds. The van der Waals surface area contributed by atoms with Crippen LogP contribution in [0.4, 0.5) is 5.69 Å². The quantitative estimate of drug-likeness (QED) is 0.231. The van der Waals surface area contributed by atoms with Gasteiger partial charge in [0.1, 0.15) is 12.6 Å². The van der Waals surface area contributed by atoms with Crippen LogP contribution in [0.25, 0.3) is 0 Å². The van der Waals surface area contributed by atoms with Crippen LogP contribution in [0.3, 0.4) is 0 Å². The first-order valence-corrected chi connectivity index (χ1v) is 16.5. The monoisotopic (exact) mass is 669 g/mol. The number of carbonyl (C=O) groups excluding carboxylic acids is 2. The Balaban J connectivity index is 1.76. The maximum Gasteiger partial charge on any atom is 0.264 e. The van der Waals surface area contributed by atoms with Crippen LogP contribution in [0.5, 0.6) is 0 Å². The summed E-state index contributed by atoms with van der Waals surface area (Å²) < 4.78 is 28.8. The minimum Gasteiger partial charge on any atom is -0.352 e. The third kappa shape index (κ3) is 7.53. The number of carbonyl (C=O) groups is 2. The maximum atomic E-state index is 14.2. The van der Waals surface area contributed by atoms with Gasteiger partial charge in [0.05, 0.1) is 20.6 Å². The molecule has 1 fully saturated rings. The third-order valence-corrected chi connectivity index (χ3v) is 10.5. The van der Waals surface area contributed by atoms with Crippen molar-refractivity contribution >= 4 is 73.9 Å². The summed E-state index contributed by atoms with van der Waals surface area (Å²) in [5, 5.41) is 4.07. The molecule has 7 nitrogen and oxygen atoms in total. The van der Waals surface area contributed by atoms with Crippen LogP contribution in [0, 0.1) is 0 Å². The number of amides is 2. The van der Waals surface area contributed by atoms with Gasteiger partial charge in [-0.2, -0.15) is 0 Å². The molecule has 0 unspecified atom stereocenters. The minimum absolute atomic E-state index is 0.0180. The van der Waals surface area contributed by atoms with E-state index in [0.717, 1.165) is 30.0 Å². The van der Waals surface area contributed by atoms with Crippen LogP contribution in [-0.4, -0.2) is 43.8 Å². The van der Waals surface area contributed by atoms with E-state index in [1.54, 1.807) is 43.3 Å². The highest BCUT2D eigenvalue weighted by atomic mass is 35.5. The van der Waals surface area contributed by atoms with Crippen molar-refractivity contribution in [2.24, 2.45) is 0 Å². The summed E-state index contributed by atoms with van der Waals surface area (Å²) in [7, 11) is -4.24. The second-order valence-electron chi connectivity index (χ2n) is 10.1. The molecular weight excluding hydrogens is 640 g/mol. The van der Waals surface area contributed by atoms with E-state index in [9.17, 15) is 18.0 Å². The lowest BCUT2D eigenvalue weighted by atomic mass is 10.1. The Morgan fingerprint density at radius 2 is 1.52 bits per heavy atom. The molecule has 1 atom stereocenters. The summed E-state index contributed by atoms with van der Waals surface area (Å²) in [5.74, 6) is -0.932. The molecular formula is C30H31Cl4N3O4S. The molecule has 42 heavy (non-hydrogen) atoms. The van der Waals surface area contributed by atoms with Crippen molar-refractivity contribution in [2.45, 2.75) is 62.6 Å². The zero-order valence-electron chi connectivity index (χ0n) is 22.9. The van der Waals surface area contributed by atoms with Crippen molar-refractivity contribution in [1.82, 2.24) is 10.2 Å². The van der Waals surface area contributed by atoms with Crippen molar-refractivity contribution in [3.05, 3.63) is 92.4 Å². The number of sulfonamides is 1. The number of nitrogens with zero attached hydrogens (tertiary/aromatic N) is 2. The molecule has 1 aliphatic rings. The number of nitrogens with one attached hydrogen (secondary N) is 1. The zero-order valence-corrected chi connectivity index (χ0v) is 26.7. The molecule has 3 aromatic carbocycles. The first-order valence-electron chi connectivity index (χ1n) is 13.6. The summed E-state index contributed by atoms with van der Waals surface area (Å²) in [6.07, 6.45) is 4.06. The van der Waals surface area contributed by atoms with Crippen molar-refractivity contribution in [3.63, 3.8) is 0 Å². The molecule has 1 aliphatic carbocycles. The van der Waals surface area contributed by atoms with Crippen LogP contribution in [0.15, 0.2) is 71.6 Å². The van der Waals surface area contributed by atoms with E-state index in [4.69, 9.17) is 46.4 Å². The number of anilines is 1. The smallest absolute Gasteiger partial charge is 0.264 e. The average molecular weight is 671 g/mol. The van der Waals surface area contributed by atoms with Gasteiger partial charge in [0.25, 0.3) is 10.0 Å². The molecule has 0 aliphatic heterocycles. The van der Waals surface area contributed by atoms with Gasteiger partial charge in [-0.1, -0.05) is 90.4 Å². The van der Waals surface area contributed by atoms with Gasteiger partial charge in [0.15, 0.2) is 0 Å². The van der Waals surface area contributed by atoms with Gasteiger partial charge < -0.3 is 10.2 Å². The van der Waals surface area contributed by atoms with Crippen molar-refractivity contribution in [2.75, 3.05) is 10.8 Å². The predicted molar refractivity (Wildman–Crippen MR) is 169 cm³/mol. The first-order chi connectivity index (χ1) is 20.0. The Morgan fingerprint density at radius 3 is 2.12 bits per heavy atom. The Bertz CT molecular complexity index is 1510. The van der Waals surface area contributed by atoms with Crippen LogP contribution >= 0.6 is 46.4 Å². The number of rotatable bonds is 11. The fraction of sp³-hybridized carbons (Fsp3) is 0.333. The molecule has 0 heterocycles. The Morgan fingerprint density at radius 1 is 0.881 bits per heavy atom. The first kappa shape index (κ1) is 32.4. The van der Waals surface area contributed by atoms with Gasteiger partial charge in [-0.3, -0.25) is 13.9 Å². The van der Waals surface area contributed by atoms with E-state index >= 15 is 0 Å². The van der Waals surface area contributed by atoms with E-state index < -0.39 is 28.5 Å².